The first kappa shape index (κ1) is 13.2. The number of aromatic hydroxyl groups is 1. The lowest BCUT2D eigenvalue weighted by atomic mass is 10.1. The van der Waals surface area contributed by atoms with Gasteiger partial charge in [-0.2, -0.15) is 4.98 Å². The van der Waals surface area contributed by atoms with Crippen molar-refractivity contribution in [2.24, 2.45) is 0 Å². The summed E-state index contributed by atoms with van der Waals surface area (Å²) in [6.45, 7) is 1.74. The maximum atomic E-state index is 13.2. The summed E-state index contributed by atoms with van der Waals surface area (Å²) in [6.07, 6.45) is 0. The van der Waals surface area contributed by atoms with Crippen LogP contribution < -0.4 is 0 Å². The van der Waals surface area contributed by atoms with Gasteiger partial charge in [0.15, 0.2) is 11.6 Å². The summed E-state index contributed by atoms with van der Waals surface area (Å²) in [6, 6.07) is 8.44. The molecule has 4 nitrogen and oxygen atoms in total. The third kappa shape index (κ3) is 2.35. The van der Waals surface area contributed by atoms with Crippen molar-refractivity contribution in [3.05, 3.63) is 53.6 Å². The predicted octanol–water partition coefficient (Wildman–Crippen LogP) is 3.70. The Morgan fingerprint density at radius 3 is 2.67 bits per heavy atom. The topological polar surface area (TPSA) is 59.2 Å². The Balaban J connectivity index is 2.03. The van der Waals surface area contributed by atoms with Crippen LogP contribution in [0.2, 0.25) is 0 Å². The highest BCUT2D eigenvalue weighted by Gasteiger charge is 2.15. The third-order valence-corrected chi connectivity index (χ3v) is 3.07. The molecule has 0 saturated carbocycles. The molecule has 0 aliphatic carbocycles. The van der Waals surface area contributed by atoms with Gasteiger partial charge in [0.2, 0.25) is 5.82 Å². The van der Waals surface area contributed by atoms with E-state index in [9.17, 15) is 13.9 Å². The minimum atomic E-state index is -0.989. The van der Waals surface area contributed by atoms with Crippen molar-refractivity contribution in [1.82, 2.24) is 10.1 Å². The molecule has 1 N–H and O–H groups in total. The number of phenolic OH excluding ortho intramolecular Hbond substituents is 1. The van der Waals surface area contributed by atoms with Gasteiger partial charge in [-0.25, -0.2) is 8.78 Å². The van der Waals surface area contributed by atoms with E-state index < -0.39 is 11.6 Å². The van der Waals surface area contributed by atoms with Gasteiger partial charge >= 0.3 is 0 Å². The van der Waals surface area contributed by atoms with Crippen molar-refractivity contribution in [3.8, 4) is 28.6 Å². The molecule has 1 aromatic heterocycles. The van der Waals surface area contributed by atoms with E-state index in [0.717, 1.165) is 12.1 Å². The molecule has 21 heavy (non-hydrogen) atoms. The molecule has 0 spiro atoms. The summed E-state index contributed by atoms with van der Waals surface area (Å²) in [5.41, 5.74) is 1.34. The Kier molecular flexibility index (Phi) is 3.13. The second kappa shape index (κ2) is 4.97. The molecule has 0 unspecified atom stereocenters. The molecule has 0 saturated heterocycles. The van der Waals surface area contributed by atoms with E-state index in [0.29, 0.717) is 11.1 Å². The highest BCUT2D eigenvalue weighted by molar-refractivity contribution is 5.66. The van der Waals surface area contributed by atoms with Gasteiger partial charge in [0.25, 0.3) is 5.89 Å². The summed E-state index contributed by atoms with van der Waals surface area (Å²) in [4.78, 5) is 4.10. The number of rotatable bonds is 2. The molecule has 2 aromatic carbocycles. The average Bonchev–Trinajstić information content (AvgIpc) is 2.94. The maximum absolute atomic E-state index is 13.2. The molecule has 3 aromatic rings. The summed E-state index contributed by atoms with van der Waals surface area (Å²) >= 11 is 0. The zero-order valence-corrected chi connectivity index (χ0v) is 11.0. The third-order valence-electron chi connectivity index (χ3n) is 3.07. The van der Waals surface area contributed by atoms with Crippen LogP contribution in [0.15, 0.2) is 40.9 Å². The molecule has 106 valence electrons. The number of nitrogens with zero attached hydrogens (tertiary/aromatic N) is 2. The van der Waals surface area contributed by atoms with Gasteiger partial charge < -0.3 is 9.63 Å². The Morgan fingerprint density at radius 2 is 1.90 bits per heavy atom. The van der Waals surface area contributed by atoms with Gasteiger partial charge in [-0.3, -0.25) is 0 Å². The standard InChI is InChI=1S/C15H10F2N2O2/c1-8-3-2-4-10(13(8)20)15-18-14(19-21-15)9-5-6-11(16)12(17)7-9/h2-7,20H,1H3. The first-order valence-electron chi connectivity index (χ1n) is 6.14. The fraction of sp³-hybridized carbons (Fsp3) is 0.0667. The first-order valence-corrected chi connectivity index (χ1v) is 6.14. The van der Waals surface area contributed by atoms with Gasteiger partial charge in [-0.05, 0) is 36.8 Å². The number of hydrogen-bond donors (Lipinski definition) is 1. The van der Waals surface area contributed by atoms with Crippen molar-refractivity contribution in [1.29, 1.82) is 0 Å². The number of benzene rings is 2. The molecule has 0 aliphatic heterocycles. The van der Waals surface area contributed by atoms with Gasteiger partial charge in [0.05, 0.1) is 5.56 Å². The summed E-state index contributed by atoms with van der Waals surface area (Å²) in [5, 5.41) is 13.7. The van der Waals surface area contributed by atoms with Crippen molar-refractivity contribution >= 4 is 0 Å². The van der Waals surface area contributed by atoms with Gasteiger partial charge in [0.1, 0.15) is 5.75 Å². The fourth-order valence-corrected chi connectivity index (χ4v) is 1.92. The van der Waals surface area contributed by atoms with E-state index in [-0.39, 0.29) is 23.0 Å². The fourth-order valence-electron chi connectivity index (χ4n) is 1.92. The van der Waals surface area contributed by atoms with Crippen LogP contribution in [-0.4, -0.2) is 15.2 Å². The second-order valence-corrected chi connectivity index (χ2v) is 4.52. The molecule has 0 fully saturated rings. The molecule has 6 heteroatoms. The van der Waals surface area contributed by atoms with Crippen LogP contribution in [0.5, 0.6) is 5.75 Å². The van der Waals surface area contributed by atoms with Crippen molar-refractivity contribution in [2.45, 2.75) is 6.92 Å². The number of hydrogen-bond acceptors (Lipinski definition) is 4. The predicted molar refractivity (Wildman–Crippen MR) is 71.5 cm³/mol. The Labute approximate surface area is 118 Å². The Bertz CT molecular complexity index is 815. The Morgan fingerprint density at radius 1 is 1.10 bits per heavy atom. The lowest BCUT2D eigenvalue weighted by Gasteiger charge is -2.01. The van der Waals surface area contributed by atoms with Crippen LogP contribution in [0.3, 0.4) is 0 Å². The largest absolute Gasteiger partial charge is 0.507 e. The molecular formula is C15H10F2N2O2. The average molecular weight is 288 g/mol. The van der Waals surface area contributed by atoms with Gasteiger partial charge in [0, 0.05) is 5.56 Å². The lowest BCUT2D eigenvalue weighted by Crippen LogP contribution is -1.87. The number of aromatic nitrogens is 2. The molecular weight excluding hydrogens is 278 g/mol. The van der Waals surface area contributed by atoms with Crippen LogP contribution in [0.1, 0.15) is 5.56 Å². The van der Waals surface area contributed by atoms with Crippen LogP contribution in [0, 0.1) is 18.6 Å². The first-order chi connectivity index (χ1) is 10.1. The van der Waals surface area contributed by atoms with E-state index in [4.69, 9.17) is 4.52 Å². The van der Waals surface area contributed by atoms with E-state index >= 15 is 0 Å². The normalized spacial score (nSPS) is 10.8. The van der Waals surface area contributed by atoms with E-state index in [1.807, 2.05) is 0 Å². The zero-order chi connectivity index (χ0) is 15.0. The summed E-state index contributed by atoms with van der Waals surface area (Å²) < 4.78 is 31.2. The number of para-hydroxylation sites is 1. The van der Waals surface area contributed by atoms with E-state index in [1.54, 1.807) is 25.1 Å². The molecule has 3 rings (SSSR count). The minimum Gasteiger partial charge on any atom is -0.507 e. The Hall–Kier alpha value is -2.76. The number of halogens is 2. The van der Waals surface area contributed by atoms with Crippen LogP contribution >= 0.6 is 0 Å². The number of aryl methyl sites for hydroxylation is 1. The molecule has 0 amide bonds. The quantitative estimate of drug-likeness (QED) is 0.781. The van der Waals surface area contributed by atoms with Gasteiger partial charge in [-0.15, -0.1) is 0 Å². The van der Waals surface area contributed by atoms with Crippen LogP contribution in [0.4, 0.5) is 8.78 Å². The smallest absolute Gasteiger partial charge is 0.262 e. The molecule has 1 heterocycles. The maximum Gasteiger partial charge on any atom is 0.262 e. The van der Waals surface area contributed by atoms with Crippen molar-refractivity contribution in [2.75, 3.05) is 0 Å². The summed E-state index contributed by atoms with van der Waals surface area (Å²) in [7, 11) is 0. The minimum absolute atomic E-state index is 0.0398. The van der Waals surface area contributed by atoms with Crippen molar-refractivity contribution in [3.63, 3.8) is 0 Å². The lowest BCUT2D eigenvalue weighted by molar-refractivity contribution is 0.425. The molecule has 0 bridgehead atoms. The number of phenols is 1. The molecule has 0 radical (unpaired) electrons. The molecule has 0 aliphatic rings. The van der Waals surface area contributed by atoms with Crippen LogP contribution in [-0.2, 0) is 0 Å². The monoisotopic (exact) mass is 288 g/mol. The molecule has 0 atom stereocenters. The second-order valence-electron chi connectivity index (χ2n) is 4.52. The van der Waals surface area contributed by atoms with E-state index in [1.165, 1.54) is 6.07 Å². The van der Waals surface area contributed by atoms with Gasteiger partial charge in [-0.1, -0.05) is 17.3 Å². The summed E-state index contributed by atoms with van der Waals surface area (Å²) in [5.74, 6) is -1.67. The highest BCUT2D eigenvalue weighted by atomic mass is 19.2. The van der Waals surface area contributed by atoms with E-state index in [2.05, 4.69) is 10.1 Å². The SMILES string of the molecule is Cc1cccc(-c2nc(-c3ccc(F)c(F)c3)no2)c1O. The zero-order valence-electron chi connectivity index (χ0n) is 11.0. The van der Waals surface area contributed by atoms with Crippen LogP contribution in [0.25, 0.3) is 22.8 Å². The highest BCUT2D eigenvalue weighted by Crippen LogP contribution is 2.31. The van der Waals surface area contributed by atoms with Crippen molar-refractivity contribution < 1.29 is 18.4 Å².